The lowest BCUT2D eigenvalue weighted by Crippen LogP contribution is -3.10. The molecule has 1 N–H and O–H groups in total. The monoisotopic (exact) mass is 428 g/mol. The number of carbonyl (C=O) groups is 1. The van der Waals surface area contributed by atoms with Crippen molar-refractivity contribution < 1.29 is 18.1 Å². The van der Waals surface area contributed by atoms with E-state index in [2.05, 4.69) is 31.3 Å². The Morgan fingerprint density at radius 2 is 1.67 bits per heavy atom. The van der Waals surface area contributed by atoms with Crippen LogP contribution in [0.4, 0.5) is 0 Å². The van der Waals surface area contributed by atoms with E-state index >= 15 is 0 Å². The van der Waals surface area contributed by atoms with Gasteiger partial charge in [-0.15, -0.1) is 0 Å². The van der Waals surface area contributed by atoms with Gasteiger partial charge in [0.25, 0.3) is 5.91 Å². The van der Waals surface area contributed by atoms with Crippen LogP contribution in [0.15, 0.2) is 59.5 Å². The first-order valence-electron chi connectivity index (χ1n) is 10.7. The van der Waals surface area contributed by atoms with Gasteiger partial charge < -0.3 is 9.80 Å². The number of aryl methyl sites for hydroxylation is 1. The van der Waals surface area contributed by atoms with Crippen LogP contribution in [0.25, 0.3) is 0 Å². The molecule has 1 amide bonds. The second-order valence-corrected chi connectivity index (χ2v) is 10.2. The molecule has 0 bridgehead atoms. The van der Waals surface area contributed by atoms with E-state index in [4.69, 9.17) is 0 Å². The van der Waals surface area contributed by atoms with Crippen LogP contribution in [-0.2, 0) is 21.2 Å². The van der Waals surface area contributed by atoms with Crippen LogP contribution < -0.4 is 4.90 Å². The summed E-state index contributed by atoms with van der Waals surface area (Å²) < 4.78 is 27.1. The Kier molecular flexibility index (Phi) is 6.22. The Morgan fingerprint density at radius 1 is 1.00 bits per heavy atom. The number of fused-ring (bicyclic) bond motifs is 1. The summed E-state index contributed by atoms with van der Waals surface area (Å²) >= 11 is 0. The number of nitrogens with one attached hydrogen (secondary N) is 1. The number of likely N-dealkylation sites (N-methyl/N-ethyl adjacent to an activating group) is 1. The third kappa shape index (κ3) is 4.29. The fourth-order valence-electron chi connectivity index (χ4n) is 4.66. The third-order valence-corrected chi connectivity index (χ3v) is 8.28. The van der Waals surface area contributed by atoms with Gasteiger partial charge in [0.2, 0.25) is 10.0 Å². The fourth-order valence-corrected chi connectivity index (χ4v) is 6.10. The number of amides is 1. The number of benzene rings is 2. The Balaban J connectivity index is 1.35. The molecule has 2 aromatic rings. The number of carbonyl (C=O) groups excluding carboxylic acids is 1. The normalized spacial score (nSPS) is 21.1. The van der Waals surface area contributed by atoms with E-state index < -0.39 is 10.0 Å². The molecular formula is C23H30N3O3S+. The third-order valence-electron chi connectivity index (χ3n) is 6.37. The number of quaternary nitrogens is 1. The molecular weight excluding hydrogens is 398 g/mol. The largest absolute Gasteiger partial charge is 0.335 e. The topological polar surface area (TPSA) is 62.1 Å². The van der Waals surface area contributed by atoms with E-state index in [1.165, 1.54) is 20.3 Å². The molecule has 1 aliphatic heterocycles. The smallest absolute Gasteiger partial charge is 0.277 e. The summed E-state index contributed by atoms with van der Waals surface area (Å²) in [6, 6.07) is 17.4. The Labute approximate surface area is 179 Å². The lowest BCUT2D eigenvalue weighted by molar-refractivity contribution is -0.905. The standard InChI is InChI=1S/C23H29N3O3S/c1-24(22-13-7-9-19-8-5-6-12-21(19)22)18-23(27)25-14-16-26(17-15-25)30(28,29)20-10-3-2-4-11-20/h2-6,8,10-12,22H,7,9,13-18H2,1H3/p+1/t22-/m0/s1. The minimum atomic E-state index is -3.49. The van der Waals surface area contributed by atoms with Crippen molar-refractivity contribution in [2.75, 3.05) is 39.8 Å². The zero-order valence-corrected chi connectivity index (χ0v) is 18.3. The fraction of sp³-hybridized carbons (Fsp3) is 0.435. The van der Waals surface area contributed by atoms with Gasteiger partial charge in [-0.05, 0) is 30.5 Å². The number of rotatable bonds is 5. The van der Waals surface area contributed by atoms with E-state index in [-0.39, 0.29) is 5.91 Å². The van der Waals surface area contributed by atoms with E-state index in [0.717, 1.165) is 19.3 Å². The Hall–Kier alpha value is -2.22. The van der Waals surface area contributed by atoms with Gasteiger partial charge in [-0.1, -0.05) is 42.5 Å². The van der Waals surface area contributed by atoms with Gasteiger partial charge in [-0.2, -0.15) is 4.31 Å². The minimum absolute atomic E-state index is 0.104. The van der Waals surface area contributed by atoms with Gasteiger partial charge in [-0.25, -0.2) is 8.42 Å². The van der Waals surface area contributed by atoms with Crippen molar-refractivity contribution in [3.05, 3.63) is 65.7 Å². The zero-order chi connectivity index (χ0) is 21.1. The van der Waals surface area contributed by atoms with Gasteiger partial charge in [0.15, 0.2) is 6.54 Å². The van der Waals surface area contributed by atoms with Crippen molar-refractivity contribution in [1.82, 2.24) is 9.21 Å². The maximum atomic E-state index is 12.9. The van der Waals surface area contributed by atoms with Crippen LogP contribution >= 0.6 is 0 Å². The predicted octanol–water partition coefficient (Wildman–Crippen LogP) is 1.11. The molecule has 1 fully saturated rings. The van der Waals surface area contributed by atoms with Crippen molar-refractivity contribution in [2.45, 2.75) is 30.2 Å². The molecule has 0 aromatic heterocycles. The van der Waals surface area contributed by atoms with Crippen molar-refractivity contribution in [3.63, 3.8) is 0 Å². The van der Waals surface area contributed by atoms with E-state index in [9.17, 15) is 13.2 Å². The van der Waals surface area contributed by atoms with Crippen molar-refractivity contribution in [1.29, 1.82) is 0 Å². The molecule has 1 saturated heterocycles. The maximum Gasteiger partial charge on any atom is 0.277 e. The lowest BCUT2D eigenvalue weighted by Gasteiger charge is -2.35. The maximum absolute atomic E-state index is 12.9. The highest BCUT2D eigenvalue weighted by molar-refractivity contribution is 7.89. The van der Waals surface area contributed by atoms with Gasteiger partial charge in [0.05, 0.1) is 11.9 Å². The highest BCUT2D eigenvalue weighted by Crippen LogP contribution is 2.27. The van der Waals surface area contributed by atoms with E-state index in [1.54, 1.807) is 30.3 Å². The lowest BCUT2D eigenvalue weighted by atomic mass is 9.87. The molecule has 0 spiro atoms. The molecule has 7 heteroatoms. The Bertz CT molecular complexity index is 986. The molecule has 1 unspecified atom stereocenters. The van der Waals surface area contributed by atoms with Crippen LogP contribution in [0.5, 0.6) is 0 Å². The van der Waals surface area contributed by atoms with Gasteiger partial charge in [0.1, 0.15) is 6.04 Å². The first-order chi connectivity index (χ1) is 14.5. The molecule has 1 heterocycles. The number of sulfonamides is 1. The molecule has 6 nitrogen and oxygen atoms in total. The van der Waals surface area contributed by atoms with Crippen LogP contribution in [0.1, 0.15) is 30.0 Å². The summed E-state index contributed by atoms with van der Waals surface area (Å²) in [5.41, 5.74) is 2.77. The van der Waals surface area contributed by atoms with Gasteiger partial charge >= 0.3 is 0 Å². The van der Waals surface area contributed by atoms with Crippen LogP contribution in [0.2, 0.25) is 0 Å². The Morgan fingerprint density at radius 3 is 2.40 bits per heavy atom. The van der Waals surface area contributed by atoms with Crippen LogP contribution in [0.3, 0.4) is 0 Å². The number of hydrogen-bond acceptors (Lipinski definition) is 3. The molecule has 4 rings (SSSR count). The first kappa shape index (κ1) is 21.0. The number of nitrogens with zero attached hydrogens (tertiary/aromatic N) is 2. The zero-order valence-electron chi connectivity index (χ0n) is 17.5. The van der Waals surface area contributed by atoms with Gasteiger partial charge in [-0.3, -0.25) is 4.79 Å². The summed E-state index contributed by atoms with van der Waals surface area (Å²) in [6.07, 6.45) is 3.37. The number of piperazine rings is 1. The summed E-state index contributed by atoms with van der Waals surface area (Å²) in [6.45, 7) is 2.01. The predicted molar refractivity (Wildman–Crippen MR) is 116 cm³/mol. The molecule has 30 heavy (non-hydrogen) atoms. The molecule has 1 aliphatic carbocycles. The first-order valence-corrected chi connectivity index (χ1v) is 12.1. The average Bonchev–Trinajstić information content (AvgIpc) is 2.79. The molecule has 2 aromatic carbocycles. The highest BCUT2D eigenvalue weighted by Gasteiger charge is 2.33. The van der Waals surface area contributed by atoms with E-state index in [1.807, 2.05) is 4.90 Å². The van der Waals surface area contributed by atoms with Crippen molar-refractivity contribution in [2.24, 2.45) is 0 Å². The second-order valence-electron chi connectivity index (χ2n) is 8.26. The summed E-state index contributed by atoms with van der Waals surface area (Å²) in [4.78, 5) is 16.3. The van der Waals surface area contributed by atoms with Crippen molar-refractivity contribution in [3.8, 4) is 0 Å². The molecule has 2 aliphatic rings. The quantitative estimate of drug-likeness (QED) is 0.776. The summed E-state index contributed by atoms with van der Waals surface area (Å²) in [5, 5.41) is 0. The van der Waals surface area contributed by atoms with Crippen LogP contribution in [0, 0.1) is 0 Å². The van der Waals surface area contributed by atoms with E-state index in [0.29, 0.717) is 43.7 Å². The van der Waals surface area contributed by atoms with Crippen molar-refractivity contribution >= 4 is 15.9 Å². The summed E-state index contributed by atoms with van der Waals surface area (Å²) in [5.74, 6) is 0.104. The average molecular weight is 429 g/mol. The molecule has 2 atom stereocenters. The molecule has 0 radical (unpaired) electrons. The minimum Gasteiger partial charge on any atom is -0.335 e. The van der Waals surface area contributed by atoms with Crippen LogP contribution in [-0.4, -0.2) is 63.3 Å². The highest BCUT2D eigenvalue weighted by atomic mass is 32.2. The number of hydrogen-bond donors (Lipinski definition) is 1. The summed E-state index contributed by atoms with van der Waals surface area (Å²) in [7, 11) is -1.40. The van der Waals surface area contributed by atoms with Gasteiger partial charge in [0, 0.05) is 38.2 Å². The second kappa shape index (κ2) is 8.88. The molecule has 160 valence electrons. The molecule has 0 saturated carbocycles. The SMILES string of the molecule is C[NH+](CC(=O)N1CCN(S(=O)(=O)c2ccccc2)CC1)[C@H]1CCCc2ccccc21.